The molecule has 1 aliphatic carbocycles. The molecule has 3 rings (SSSR count). The van der Waals surface area contributed by atoms with Gasteiger partial charge >= 0.3 is 5.97 Å². The zero-order chi connectivity index (χ0) is 24.6. The number of esters is 1. The minimum absolute atomic E-state index is 0.110. The van der Waals surface area contributed by atoms with Crippen LogP contribution in [0.4, 0.5) is 5.69 Å². The fourth-order valence-corrected chi connectivity index (χ4v) is 4.61. The molecule has 7 nitrogen and oxygen atoms in total. The molecule has 1 atom stereocenters. The predicted octanol–water partition coefficient (Wildman–Crippen LogP) is 4.61. The first-order valence-electron chi connectivity index (χ1n) is 11.3. The van der Waals surface area contributed by atoms with Gasteiger partial charge in [0.2, 0.25) is 5.91 Å². The Hall–Kier alpha value is -3.31. The molecule has 0 radical (unpaired) electrons. The second kappa shape index (κ2) is 11.7. The molecule has 0 bridgehead atoms. The number of nitrogens with one attached hydrogen (secondary N) is 2. The minimum Gasteiger partial charge on any atom is -0.449 e. The number of hydrogen-bond acceptors (Lipinski definition) is 6. The summed E-state index contributed by atoms with van der Waals surface area (Å²) in [6.45, 7) is 3.46. The molecule has 0 aliphatic heterocycles. The maximum atomic E-state index is 12.8. The normalized spacial score (nSPS) is 15.4. The fraction of sp³-hybridized carbons (Fsp3) is 0.385. The van der Waals surface area contributed by atoms with E-state index in [2.05, 4.69) is 16.7 Å². The number of anilines is 1. The van der Waals surface area contributed by atoms with Crippen molar-refractivity contribution in [2.45, 2.75) is 62.5 Å². The van der Waals surface area contributed by atoms with Gasteiger partial charge in [-0.1, -0.05) is 49.1 Å². The summed E-state index contributed by atoms with van der Waals surface area (Å²) < 4.78 is 5.41. The molecule has 0 aromatic heterocycles. The van der Waals surface area contributed by atoms with Gasteiger partial charge in [-0.05, 0) is 51.0 Å². The summed E-state index contributed by atoms with van der Waals surface area (Å²) in [6, 6.07) is 16.5. The zero-order valence-electron chi connectivity index (χ0n) is 19.4. The molecule has 0 spiro atoms. The molecule has 2 aromatic carbocycles. The third kappa shape index (κ3) is 6.84. The van der Waals surface area contributed by atoms with Crippen molar-refractivity contribution in [2.75, 3.05) is 11.1 Å². The highest BCUT2D eigenvalue weighted by Crippen LogP contribution is 2.28. The van der Waals surface area contributed by atoms with Crippen molar-refractivity contribution in [3.05, 3.63) is 59.7 Å². The van der Waals surface area contributed by atoms with Crippen LogP contribution in [0.25, 0.3) is 0 Å². The molecule has 34 heavy (non-hydrogen) atoms. The number of carbonyl (C=O) groups is 3. The average molecular weight is 480 g/mol. The van der Waals surface area contributed by atoms with Crippen LogP contribution in [0, 0.1) is 18.3 Å². The van der Waals surface area contributed by atoms with E-state index in [1.54, 1.807) is 24.3 Å². The third-order valence-electron chi connectivity index (χ3n) is 5.74. The smallest absolute Gasteiger partial charge is 0.340 e. The second-order valence-electron chi connectivity index (χ2n) is 8.49. The Bertz CT molecular complexity index is 1070. The first kappa shape index (κ1) is 25.3. The van der Waals surface area contributed by atoms with Crippen molar-refractivity contribution in [3.8, 4) is 6.07 Å². The molecule has 1 fully saturated rings. The van der Waals surface area contributed by atoms with Gasteiger partial charge < -0.3 is 15.4 Å². The van der Waals surface area contributed by atoms with Crippen LogP contribution in [-0.2, 0) is 14.3 Å². The van der Waals surface area contributed by atoms with E-state index < -0.39 is 23.5 Å². The van der Waals surface area contributed by atoms with E-state index in [0.29, 0.717) is 23.4 Å². The molecule has 1 saturated carbocycles. The van der Waals surface area contributed by atoms with Crippen molar-refractivity contribution in [2.24, 2.45) is 0 Å². The number of thioether (sulfide) groups is 1. The number of benzene rings is 2. The number of carbonyl (C=O) groups excluding carboxylic acids is 3. The van der Waals surface area contributed by atoms with Crippen molar-refractivity contribution >= 4 is 35.2 Å². The lowest BCUT2D eigenvalue weighted by atomic mass is 9.83. The number of ether oxygens (including phenoxy) is 1. The standard InChI is InChI=1S/C26H29N3O4S/c1-18-10-12-20(13-11-18)28-23(30)16-34-22-9-5-4-8-21(22)25(32)33-19(2)24(31)29-26(17-27)14-6-3-7-15-26/h4-5,8-13,19H,3,6-7,14-16H2,1-2H3,(H,28,30)(H,29,31). The lowest BCUT2D eigenvalue weighted by molar-refractivity contribution is -0.130. The van der Waals surface area contributed by atoms with Gasteiger partial charge in [0.15, 0.2) is 6.10 Å². The van der Waals surface area contributed by atoms with Gasteiger partial charge in [-0.15, -0.1) is 11.8 Å². The summed E-state index contributed by atoms with van der Waals surface area (Å²) in [5.41, 5.74) is 1.19. The van der Waals surface area contributed by atoms with E-state index >= 15 is 0 Å². The number of aryl methyl sites for hydroxylation is 1. The van der Waals surface area contributed by atoms with E-state index in [-0.39, 0.29) is 17.2 Å². The first-order valence-corrected chi connectivity index (χ1v) is 12.3. The Morgan fingerprint density at radius 3 is 2.44 bits per heavy atom. The molecule has 0 saturated heterocycles. The molecule has 2 aromatic rings. The van der Waals surface area contributed by atoms with Gasteiger partial charge in [0.05, 0.1) is 17.4 Å². The first-order chi connectivity index (χ1) is 16.3. The number of amides is 2. The van der Waals surface area contributed by atoms with Crippen molar-refractivity contribution in [3.63, 3.8) is 0 Å². The Labute approximate surface area is 204 Å². The number of hydrogen-bond donors (Lipinski definition) is 2. The second-order valence-corrected chi connectivity index (χ2v) is 9.51. The molecule has 1 unspecified atom stereocenters. The van der Waals surface area contributed by atoms with Crippen molar-refractivity contribution in [1.29, 1.82) is 5.26 Å². The number of rotatable bonds is 8. The third-order valence-corrected chi connectivity index (χ3v) is 6.81. The van der Waals surface area contributed by atoms with Crippen LogP contribution in [0.1, 0.15) is 54.9 Å². The highest BCUT2D eigenvalue weighted by Gasteiger charge is 2.35. The highest BCUT2D eigenvalue weighted by atomic mass is 32.2. The molecular weight excluding hydrogens is 450 g/mol. The Balaban J connectivity index is 1.57. The summed E-state index contributed by atoms with van der Waals surface area (Å²) in [4.78, 5) is 38.4. The maximum Gasteiger partial charge on any atom is 0.340 e. The van der Waals surface area contributed by atoms with E-state index in [4.69, 9.17) is 4.74 Å². The SMILES string of the molecule is Cc1ccc(NC(=O)CSc2ccccc2C(=O)OC(C)C(=O)NC2(C#N)CCCCC2)cc1. The minimum atomic E-state index is -1.05. The van der Waals surface area contributed by atoms with Crippen LogP contribution in [0.3, 0.4) is 0 Å². The molecule has 8 heteroatoms. The van der Waals surface area contributed by atoms with Gasteiger partial charge in [0, 0.05) is 10.6 Å². The van der Waals surface area contributed by atoms with Gasteiger partial charge in [-0.3, -0.25) is 9.59 Å². The summed E-state index contributed by atoms with van der Waals surface area (Å²) in [6.07, 6.45) is 2.94. The van der Waals surface area contributed by atoms with Crippen LogP contribution in [-0.4, -0.2) is 35.2 Å². The van der Waals surface area contributed by atoms with Crippen LogP contribution < -0.4 is 10.6 Å². The summed E-state index contributed by atoms with van der Waals surface area (Å²) in [5, 5.41) is 15.2. The topological polar surface area (TPSA) is 108 Å². The van der Waals surface area contributed by atoms with Crippen LogP contribution in [0.15, 0.2) is 53.4 Å². The van der Waals surface area contributed by atoms with Gasteiger partial charge in [0.25, 0.3) is 5.91 Å². The van der Waals surface area contributed by atoms with E-state index in [1.165, 1.54) is 18.7 Å². The summed E-state index contributed by atoms with van der Waals surface area (Å²) >= 11 is 1.22. The quantitative estimate of drug-likeness (QED) is 0.423. The zero-order valence-corrected chi connectivity index (χ0v) is 20.2. The van der Waals surface area contributed by atoms with E-state index in [1.807, 2.05) is 31.2 Å². The molecule has 178 valence electrons. The maximum absolute atomic E-state index is 12.8. The van der Waals surface area contributed by atoms with E-state index in [0.717, 1.165) is 24.8 Å². The van der Waals surface area contributed by atoms with Gasteiger partial charge in [-0.2, -0.15) is 5.26 Å². The Morgan fingerprint density at radius 1 is 1.09 bits per heavy atom. The predicted molar refractivity (Wildman–Crippen MR) is 131 cm³/mol. The van der Waals surface area contributed by atoms with Gasteiger partial charge in [-0.25, -0.2) is 4.79 Å². The van der Waals surface area contributed by atoms with Gasteiger partial charge in [0.1, 0.15) is 5.54 Å². The molecular formula is C26H29N3O4S. The summed E-state index contributed by atoms with van der Waals surface area (Å²) in [5.74, 6) is -1.23. The van der Waals surface area contributed by atoms with E-state index in [9.17, 15) is 19.6 Å². The van der Waals surface area contributed by atoms with Crippen LogP contribution in [0.2, 0.25) is 0 Å². The number of nitrogens with zero attached hydrogens (tertiary/aromatic N) is 1. The Kier molecular flexibility index (Phi) is 8.72. The average Bonchev–Trinajstić information content (AvgIpc) is 2.84. The van der Waals surface area contributed by atoms with Crippen LogP contribution >= 0.6 is 11.8 Å². The summed E-state index contributed by atoms with van der Waals surface area (Å²) in [7, 11) is 0. The molecule has 2 amide bonds. The molecule has 0 heterocycles. The monoisotopic (exact) mass is 479 g/mol. The lowest BCUT2D eigenvalue weighted by Crippen LogP contribution is -2.52. The number of nitriles is 1. The largest absolute Gasteiger partial charge is 0.449 e. The Morgan fingerprint density at radius 2 is 1.76 bits per heavy atom. The van der Waals surface area contributed by atoms with Crippen molar-refractivity contribution < 1.29 is 19.1 Å². The lowest BCUT2D eigenvalue weighted by Gasteiger charge is -2.32. The molecule has 1 aliphatic rings. The fourth-order valence-electron chi connectivity index (χ4n) is 3.77. The van der Waals surface area contributed by atoms with Crippen molar-refractivity contribution in [1.82, 2.24) is 5.32 Å². The van der Waals surface area contributed by atoms with Crippen LogP contribution in [0.5, 0.6) is 0 Å². The highest BCUT2D eigenvalue weighted by molar-refractivity contribution is 8.00. The molecule has 2 N–H and O–H groups in total.